The van der Waals surface area contributed by atoms with Gasteiger partial charge < -0.3 is 5.32 Å². The summed E-state index contributed by atoms with van der Waals surface area (Å²) in [6.07, 6.45) is 0. The van der Waals surface area contributed by atoms with Gasteiger partial charge in [0.05, 0.1) is 15.6 Å². The first kappa shape index (κ1) is 10.5. The SMILES string of the molecule is CCNc1ccc2c(Cl)ccc(Cl)c2n1. The zero-order chi connectivity index (χ0) is 10.8. The standard InChI is InChI=1S/C11H10Cl2N2/c1-2-14-10-6-3-7-8(12)4-5-9(13)11(7)15-10/h3-6H,2H2,1H3,(H,14,15). The molecule has 4 heteroatoms. The Morgan fingerprint density at radius 1 is 1.13 bits per heavy atom. The third-order valence-corrected chi connectivity index (χ3v) is 2.75. The van der Waals surface area contributed by atoms with E-state index in [1.54, 1.807) is 12.1 Å². The number of pyridine rings is 1. The molecule has 1 N–H and O–H groups in total. The molecule has 1 heterocycles. The van der Waals surface area contributed by atoms with Crippen molar-refractivity contribution < 1.29 is 0 Å². The topological polar surface area (TPSA) is 24.9 Å². The Morgan fingerprint density at radius 2 is 1.87 bits per heavy atom. The minimum atomic E-state index is 0.620. The summed E-state index contributed by atoms with van der Waals surface area (Å²) >= 11 is 12.1. The van der Waals surface area contributed by atoms with E-state index in [0.29, 0.717) is 10.0 Å². The van der Waals surface area contributed by atoms with Crippen LogP contribution in [0.3, 0.4) is 0 Å². The fraction of sp³-hybridized carbons (Fsp3) is 0.182. The lowest BCUT2D eigenvalue weighted by molar-refractivity contribution is 1.17. The fourth-order valence-corrected chi connectivity index (χ4v) is 1.85. The number of fused-ring (bicyclic) bond motifs is 1. The van der Waals surface area contributed by atoms with E-state index in [2.05, 4.69) is 10.3 Å². The maximum Gasteiger partial charge on any atom is 0.126 e. The van der Waals surface area contributed by atoms with Gasteiger partial charge in [-0.3, -0.25) is 0 Å². The zero-order valence-electron chi connectivity index (χ0n) is 8.22. The maximum absolute atomic E-state index is 6.05. The highest BCUT2D eigenvalue weighted by Crippen LogP contribution is 2.29. The Bertz CT molecular complexity index is 497. The summed E-state index contributed by atoms with van der Waals surface area (Å²) in [6, 6.07) is 7.36. The van der Waals surface area contributed by atoms with Gasteiger partial charge in [-0.2, -0.15) is 0 Å². The van der Waals surface area contributed by atoms with Crippen molar-refractivity contribution in [3.05, 3.63) is 34.3 Å². The van der Waals surface area contributed by atoms with Gasteiger partial charge in [0.25, 0.3) is 0 Å². The van der Waals surface area contributed by atoms with E-state index in [1.807, 2.05) is 19.1 Å². The predicted molar refractivity (Wildman–Crippen MR) is 65.9 cm³/mol. The van der Waals surface area contributed by atoms with Crippen molar-refractivity contribution in [2.24, 2.45) is 0 Å². The molecular weight excluding hydrogens is 231 g/mol. The molecule has 0 fully saturated rings. The lowest BCUT2D eigenvalue weighted by atomic mass is 10.2. The van der Waals surface area contributed by atoms with Crippen molar-refractivity contribution in [3.8, 4) is 0 Å². The van der Waals surface area contributed by atoms with E-state index in [0.717, 1.165) is 23.3 Å². The van der Waals surface area contributed by atoms with Gasteiger partial charge in [0.15, 0.2) is 0 Å². The predicted octanol–water partition coefficient (Wildman–Crippen LogP) is 3.97. The van der Waals surface area contributed by atoms with Crippen molar-refractivity contribution in [2.75, 3.05) is 11.9 Å². The van der Waals surface area contributed by atoms with E-state index >= 15 is 0 Å². The summed E-state index contributed by atoms with van der Waals surface area (Å²) in [4.78, 5) is 4.40. The van der Waals surface area contributed by atoms with Crippen molar-refractivity contribution in [1.82, 2.24) is 4.98 Å². The van der Waals surface area contributed by atoms with Gasteiger partial charge in [0.2, 0.25) is 0 Å². The summed E-state index contributed by atoms with van der Waals surface area (Å²) in [7, 11) is 0. The Hall–Kier alpha value is -0.990. The number of aromatic nitrogens is 1. The minimum Gasteiger partial charge on any atom is -0.370 e. The average Bonchev–Trinajstić information content (AvgIpc) is 2.24. The Labute approximate surface area is 98.2 Å². The van der Waals surface area contributed by atoms with Crippen LogP contribution >= 0.6 is 23.2 Å². The van der Waals surface area contributed by atoms with E-state index in [-0.39, 0.29) is 0 Å². The van der Waals surface area contributed by atoms with Crippen LogP contribution in [0.2, 0.25) is 10.0 Å². The molecule has 78 valence electrons. The van der Waals surface area contributed by atoms with E-state index < -0.39 is 0 Å². The van der Waals surface area contributed by atoms with Crippen LogP contribution < -0.4 is 5.32 Å². The summed E-state index contributed by atoms with van der Waals surface area (Å²) in [5.74, 6) is 0.814. The van der Waals surface area contributed by atoms with Gasteiger partial charge in [-0.15, -0.1) is 0 Å². The molecule has 0 radical (unpaired) electrons. The van der Waals surface area contributed by atoms with Crippen molar-refractivity contribution in [3.63, 3.8) is 0 Å². The largest absolute Gasteiger partial charge is 0.370 e. The van der Waals surface area contributed by atoms with Gasteiger partial charge >= 0.3 is 0 Å². The van der Waals surface area contributed by atoms with Gasteiger partial charge in [-0.1, -0.05) is 23.2 Å². The molecule has 0 bridgehead atoms. The number of hydrogen-bond acceptors (Lipinski definition) is 2. The second kappa shape index (κ2) is 4.25. The van der Waals surface area contributed by atoms with Gasteiger partial charge in [-0.05, 0) is 31.2 Å². The number of nitrogens with zero attached hydrogens (tertiary/aromatic N) is 1. The molecule has 2 rings (SSSR count). The Balaban J connectivity index is 2.65. The second-order valence-electron chi connectivity index (χ2n) is 3.15. The third kappa shape index (κ3) is 2.01. The molecule has 1 aromatic carbocycles. The molecule has 2 nitrogen and oxygen atoms in total. The van der Waals surface area contributed by atoms with E-state index in [1.165, 1.54) is 0 Å². The van der Waals surface area contributed by atoms with Crippen LogP contribution in [0.1, 0.15) is 6.92 Å². The van der Waals surface area contributed by atoms with Gasteiger partial charge in [0, 0.05) is 11.9 Å². The van der Waals surface area contributed by atoms with Crippen LogP contribution in [-0.4, -0.2) is 11.5 Å². The number of nitrogens with one attached hydrogen (secondary N) is 1. The normalized spacial score (nSPS) is 10.6. The number of benzene rings is 1. The quantitative estimate of drug-likeness (QED) is 0.860. The fourth-order valence-electron chi connectivity index (χ4n) is 1.43. The number of rotatable bonds is 2. The monoisotopic (exact) mass is 240 g/mol. The van der Waals surface area contributed by atoms with Crippen LogP contribution in [0.4, 0.5) is 5.82 Å². The molecule has 0 amide bonds. The second-order valence-corrected chi connectivity index (χ2v) is 3.97. The molecule has 15 heavy (non-hydrogen) atoms. The molecule has 0 saturated carbocycles. The minimum absolute atomic E-state index is 0.620. The van der Waals surface area contributed by atoms with Gasteiger partial charge in [0.1, 0.15) is 5.82 Å². The first-order valence-corrected chi connectivity index (χ1v) is 5.46. The number of halogens is 2. The Kier molecular flexibility index (Phi) is 2.98. The third-order valence-electron chi connectivity index (χ3n) is 2.11. The number of hydrogen-bond donors (Lipinski definition) is 1. The molecule has 1 aromatic heterocycles. The molecule has 0 aliphatic heterocycles. The Morgan fingerprint density at radius 3 is 2.60 bits per heavy atom. The van der Waals surface area contributed by atoms with Crippen LogP contribution in [-0.2, 0) is 0 Å². The highest BCUT2D eigenvalue weighted by atomic mass is 35.5. The molecule has 0 saturated heterocycles. The van der Waals surface area contributed by atoms with Crippen molar-refractivity contribution in [1.29, 1.82) is 0 Å². The van der Waals surface area contributed by atoms with Crippen molar-refractivity contribution in [2.45, 2.75) is 6.92 Å². The molecule has 0 atom stereocenters. The highest BCUT2D eigenvalue weighted by Gasteiger charge is 2.05. The van der Waals surface area contributed by atoms with Crippen LogP contribution in [0.15, 0.2) is 24.3 Å². The van der Waals surface area contributed by atoms with Crippen LogP contribution in [0.5, 0.6) is 0 Å². The number of anilines is 1. The summed E-state index contributed by atoms with van der Waals surface area (Å²) in [5, 5.41) is 5.30. The highest BCUT2D eigenvalue weighted by molar-refractivity contribution is 6.39. The summed E-state index contributed by atoms with van der Waals surface area (Å²) < 4.78 is 0. The molecule has 0 aliphatic carbocycles. The molecule has 0 spiro atoms. The first-order valence-electron chi connectivity index (χ1n) is 4.71. The smallest absolute Gasteiger partial charge is 0.126 e. The van der Waals surface area contributed by atoms with E-state index in [9.17, 15) is 0 Å². The molecular formula is C11H10Cl2N2. The zero-order valence-corrected chi connectivity index (χ0v) is 9.73. The summed E-state index contributed by atoms with van der Waals surface area (Å²) in [5.41, 5.74) is 0.739. The first-order chi connectivity index (χ1) is 7.22. The van der Waals surface area contributed by atoms with Gasteiger partial charge in [-0.25, -0.2) is 4.98 Å². The molecule has 0 aliphatic rings. The molecule has 2 aromatic rings. The lowest BCUT2D eigenvalue weighted by Gasteiger charge is -2.06. The van der Waals surface area contributed by atoms with Crippen LogP contribution in [0.25, 0.3) is 10.9 Å². The van der Waals surface area contributed by atoms with Crippen molar-refractivity contribution >= 4 is 39.9 Å². The summed E-state index contributed by atoms with van der Waals surface area (Å²) in [6.45, 7) is 2.85. The maximum atomic E-state index is 6.05. The van der Waals surface area contributed by atoms with E-state index in [4.69, 9.17) is 23.2 Å². The molecule has 0 unspecified atom stereocenters. The van der Waals surface area contributed by atoms with Crippen LogP contribution in [0, 0.1) is 0 Å². The average molecular weight is 241 g/mol. The lowest BCUT2D eigenvalue weighted by Crippen LogP contribution is -1.98.